The molecule has 0 radical (unpaired) electrons. The molecule has 0 amide bonds. The van der Waals surface area contributed by atoms with Gasteiger partial charge in [0.1, 0.15) is 5.82 Å². The van der Waals surface area contributed by atoms with E-state index in [1.54, 1.807) is 0 Å². The molecular formula is C18H20FN3. The zero-order chi connectivity index (χ0) is 15.5. The maximum atomic E-state index is 12.9. The first-order valence-electron chi connectivity index (χ1n) is 7.60. The van der Waals surface area contributed by atoms with Crippen molar-refractivity contribution in [1.82, 2.24) is 0 Å². The Bertz CT molecular complexity index is 679. The molecule has 22 heavy (non-hydrogen) atoms. The van der Waals surface area contributed by atoms with Gasteiger partial charge >= 0.3 is 0 Å². The monoisotopic (exact) mass is 297 g/mol. The molecule has 2 aromatic rings. The minimum Gasteiger partial charge on any atom is -0.370 e. The van der Waals surface area contributed by atoms with Crippen molar-refractivity contribution in [2.45, 2.75) is 31.7 Å². The molecule has 2 atom stereocenters. The van der Waals surface area contributed by atoms with Crippen LogP contribution in [0.25, 0.3) is 0 Å². The van der Waals surface area contributed by atoms with Gasteiger partial charge in [0.2, 0.25) is 0 Å². The Hall–Kier alpha value is -2.36. The van der Waals surface area contributed by atoms with Gasteiger partial charge in [0.05, 0.1) is 6.04 Å². The largest absolute Gasteiger partial charge is 0.370 e. The number of nitrogens with two attached hydrogens (primary N) is 1. The van der Waals surface area contributed by atoms with E-state index in [0.717, 1.165) is 24.1 Å². The number of hydrogen-bond acceptors (Lipinski definition) is 1. The number of benzene rings is 2. The molecule has 2 aromatic carbocycles. The summed E-state index contributed by atoms with van der Waals surface area (Å²) in [5.41, 5.74) is 9.32. The number of halogens is 1. The highest BCUT2D eigenvalue weighted by atomic mass is 19.1. The highest BCUT2D eigenvalue weighted by Crippen LogP contribution is 2.43. The second-order valence-corrected chi connectivity index (χ2v) is 5.65. The number of hydrogen-bond donors (Lipinski definition) is 2. The second kappa shape index (κ2) is 6.18. The van der Waals surface area contributed by atoms with Crippen molar-refractivity contribution in [1.29, 1.82) is 0 Å². The lowest BCUT2D eigenvalue weighted by Gasteiger charge is -2.07. The molecule has 0 aliphatic heterocycles. The van der Waals surface area contributed by atoms with Crippen LogP contribution in [-0.2, 0) is 6.42 Å². The average molecular weight is 297 g/mol. The standard InChI is InChI=1S/C18H20FN3/c1-2-12-4-3-5-15(10-12)21-18(20)22-17-11-16(17)13-6-8-14(19)9-7-13/h3-10,16-17H,2,11H2,1H3,(H3,20,21,22)/t16-,17+/m0/s1. The van der Waals surface area contributed by atoms with Crippen molar-refractivity contribution in [2.75, 3.05) is 5.32 Å². The van der Waals surface area contributed by atoms with E-state index < -0.39 is 0 Å². The van der Waals surface area contributed by atoms with Crippen molar-refractivity contribution in [2.24, 2.45) is 10.7 Å². The molecule has 0 spiro atoms. The van der Waals surface area contributed by atoms with Crippen LogP contribution in [0, 0.1) is 5.82 Å². The number of guanidine groups is 1. The van der Waals surface area contributed by atoms with E-state index in [9.17, 15) is 4.39 Å². The van der Waals surface area contributed by atoms with Crippen LogP contribution in [0.5, 0.6) is 0 Å². The summed E-state index contributed by atoms with van der Waals surface area (Å²) in [4.78, 5) is 4.51. The highest BCUT2D eigenvalue weighted by molar-refractivity contribution is 5.92. The number of aryl methyl sites for hydroxylation is 1. The summed E-state index contributed by atoms with van der Waals surface area (Å²) >= 11 is 0. The van der Waals surface area contributed by atoms with E-state index in [4.69, 9.17) is 5.73 Å². The van der Waals surface area contributed by atoms with Crippen molar-refractivity contribution in [3.05, 3.63) is 65.5 Å². The Morgan fingerprint density at radius 1 is 1.27 bits per heavy atom. The van der Waals surface area contributed by atoms with E-state index in [-0.39, 0.29) is 11.9 Å². The maximum Gasteiger partial charge on any atom is 0.193 e. The van der Waals surface area contributed by atoms with E-state index in [0.29, 0.717) is 11.9 Å². The summed E-state index contributed by atoms with van der Waals surface area (Å²) in [5.74, 6) is 0.576. The van der Waals surface area contributed by atoms with Crippen LogP contribution < -0.4 is 11.1 Å². The molecule has 0 unspecified atom stereocenters. The lowest BCUT2D eigenvalue weighted by atomic mass is 10.1. The third-order valence-electron chi connectivity index (χ3n) is 3.97. The van der Waals surface area contributed by atoms with Crippen LogP contribution in [0.15, 0.2) is 53.5 Å². The fourth-order valence-electron chi connectivity index (χ4n) is 2.62. The van der Waals surface area contributed by atoms with Gasteiger partial charge in [-0.15, -0.1) is 0 Å². The first-order chi connectivity index (χ1) is 10.7. The second-order valence-electron chi connectivity index (χ2n) is 5.65. The number of nitrogens with zero attached hydrogens (tertiary/aromatic N) is 1. The summed E-state index contributed by atoms with van der Waals surface area (Å²) in [6, 6.07) is 15.0. The van der Waals surface area contributed by atoms with Crippen molar-refractivity contribution < 1.29 is 4.39 Å². The minimum absolute atomic E-state index is 0.187. The molecule has 1 aliphatic carbocycles. The van der Waals surface area contributed by atoms with Crippen LogP contribution in [-0.4, -0.2) is 12.0 Å². The van der Waals surface area contributed by atoms with Gasteiger partial charge in [-0.1, -0.05) is 31.2 Å². The average Bonchev–Trinajstić information content (AvgIpc) is 3.27. The third kappa shape index (κ3) is 3.45. The molecule has 0 aromatic heterocycles. The van der Waals surface area contributed by atoms with Gasteiger partial charge in [-0.3, -0.25) is 0 Å². The Morgan fingerprint density at radius 3 is 2.77 bits per heavy atom. The smallest absolute Gasteiger partial charge is 0.193 e. The molecule has 4 heteroatoms. The predicted molar refractivity (Wildman–Crippen MR) is 88.6 cm³/mol. The van der Waals surface area contributed by atoms with Crippen LogP contribution in [0.3, 0.4) is 0 Å². The van der Waals surface area contributed by atoms with Gasteiger partial charge in [-0.05, 0) is 48.2 Å². The molecule has 0 heterocycles. The first kappa shape index (κ1) is 14.6. The summed E-state index contributed by atoms with van der Waals surface area (Å²) in [6.07, 6.45) is 1.95. The molecule has 1 aliphatic rings. The molecule has 3 nitrogen and oxygen atoms in total. The summed E-state index contributed by atoms with van der Waals surface area (Å²) in [6.45, 7) is 2.12. The maximum absolute atomic E-state index is 12.9. The summed E-state index contributed by atoms with van der Waals surface area (Å²) in [7, 11) is 0. The number of nitrogens with one attached hydrogen (secondary N) is 1. The van der Waals surface area contributed by atoms with E-state index in [1.807, 2.05) is 24.3 Å². The van der Waals surface area contributed by atoms with Crippen molar-refractivity contribution in [3.8, 4) is 0 Å². The van der Waals surface area contributed by atoms with Crippen molar-refractivity contribution >= 4 is 11.6 Å². The lowest BCUT2D eigenvalue weighted by molar-refractivity contribution is 0.627. The lowest BCUT2D eigenvalue weighted by Crippen LogP contribution is -2.23. The SMILES string of the molecule is CCc1cccc(NC(N)=N[C@@H]2C[C@H]2c2ccc(F)cc2)c1. The molecule has 3 N–H and O–H groups in total. The number of aliphatic imine (C=N–C) groups is 1. The molecule has 1 saturated carbocycles. The zero-order valence-corrected chi connectivity index (χ0v) is 12.6. The Kier molecular flexibility index (Phi) is 4.09. The summed E-state index contributed by atoms with van der Waals surface area (Å²) in [5, 5.41) is 3.14. The first-order valence-corrected chi connectivity index (χ1v) is 7.60. The van der Waals surface area contributed by atoms with Gasteiger partial charge < -0.3 is 11.1 Å². The van der Waals surface area contributed by atoms with Gasteiger partial charge in [0.25, 0.3) is 0 Å². The van der Waals surface area contributed by atoms with Gasteiger partial charge in [0, 0.05) is 11.6 Å². The van der Waals surface area contributed by atoms with Gasteiger partial charge in [-0.2, -0.15) is 0 Å². The molecular weight excluding hydrogens is 277 g/mol. The van der Waals surface area contributed by atoms with E-state index in [1.165, 1.54) is 17.7 Å². The minimum atomic E-state index is -0.207. The summed E-state index contributed by atoms with van der Waals surface area (Å²) < 4.78 is 12.9. The third-order valence-corrected chi connectivity index (χ3v) is 3.97. The topological polar surface area (TPSA) is 50.4 Å². The number of rotatable bonds is 4. The highest BCUT2D eigenvalue weighted by Gasteiger charge is 2.38. The quantitative estimate of drug-likeness (QED) is 0.668. The molecule has 3 rings (SSSR count). The van der Waals surface area contributed by atoms with E-state index in [2.05, 4.69) is 29.4 Å². The van der Waals surface area contributed by atoms with Crippen LogP contribution >= 0.6 is 0 Å². The molecule has 0 bridgehead atoms. The van der Waals surface area contributed by atoms with Crippen LogP contribution in [0.4, 0.5) is 10.1 Å². The predicted octanol–water partition coefficient (Wildman–Crippen LogP) is 3.67. The van der Waals surface area contributed by atoms with Crippen LogP contribution in [0.2, 0.25) is 0 Å². The normalized spacial score (nSPS) is 20.7. The molecule has 1 fully saturated rings. The molecule has 114 valence electrons. The van der Waals surface area contributed by atoms with Crippen LogP contribution in [0.1, 0.15) is 30.4 Å². The Labute approximate surface area is 130 Å². The Morgan fingerprint density at radius 2 is 2.05 bits per heavy atom. The van der Waals surface area contributed by atoms with Gasteiger partial charge in [-0.25, -0.2) is 9.38 Å². The van der Waals surface area contributed by atoms with Crippen molar-refractivity contribution in [3.63, 3.8) is 0 Å². The van der Waals surface area contributed by atoms with E-state index >= 15 is 0 Å². The Balaban J connectivity index is 1.62. The fourth-order valence-corrected chi connectivity index (χ4v) is 2.62. The molecule has 0 saturated heterocycles. The van der Waals surface area contributed by atoms with Gasteiger partial charge in [0.15, 0.2) is 5.96 Å². The zero-order valence-electron chi connectivity index (χ0n) is 12.6. The number of anilines is 1. The fraction of sp³-hybridized carbons (Fsp3) is 0.278.